The van der Waals surface area contributed by atoms with Gasteiger partial charge in [-0.2, -0.15) is 0 Å². The molecule has 1 unspecified atom stereocenters. The number of benzene rings is 1. The zero-order valence-electron chi connectivity index (χ0n) is 12.7. The van der Waals surface area contributed by atoms with Crippen molar-refractivity contribution >= 4 is 11.9 Å². The molecule has 1 amide bonds. The van der Waals surface area contributed by atoms with Crippen LogP contribution in [-0.4, -0.2) is 44.1 Å². The van der Waals surface area contributed by atoms with Crippen LogP contribution in [0.5, 0.6) is 5.75 Å². The highest BCUT2D eigenvalue weighted by Gasteiger charge is 2.45. The Bertz CT molecular complexity index is 526. The van der Waals surface area contributed by atoms with Gasteiger partial charge in [-0.25, -0.2) is 0 Å². The molecule has 5 nitrogen and oxygen atoms in total. The fraction of sp³-hybridized carbons (Fsp3) is 0.500. The molecule has 1 atom stereocenters. The molecule has 0 aliphatic carbocycles. The lowest BCUT2D eigenvalue weighted by atomic mass is 9.84. The molecule has 0 radical (unpaired) electrons. The Morgan fingerprint density at radius 1 is 1.24 bits per heavy atom. The smallest absolute Gasteiger partial charge is 0.313 e. The van der Waals surface area contributed by atoms with Crippen LogP contribution in [0.4, 0.5) is 0 Å². The Morgan fingerprint density at radius 3 is 2.43 bits per heavy atom. The van der Waals surface area contributed by atoms with E-state index in [9.17, 15) is 9.59 Å². The van der Waals surface area contributed by atoms with Crippen molar-refractivity contribution in [2.75, 3.05) is 27.3 Å². The molecular formula is C16H21NO4. The third kappa shape index (κ3) is 2.86. The lowest BCUT2D eigenvalue weighted by Crippen LogP contribution is -2.37. The summed E-state index contributed by atoms with van der Waals surface area (Å²) in [6.45, 7) is 2.95. The molecule has 1 fully saturated rings. The number of methoxy groups -OCH3 is 2. The molecule has 1 aromatic rings. The zero-order chi connectivity index (χ0) is 15.5. The van der Waals surface area contributed by atoms with Crippen LogP contribution in [0.25, 0.3) is 0 Å². The Hall–Kier alpha value is -2.04. The third-order valence-electron chi connectivity index (χ3n) is 4.27. The molecule has 21 heavy (non-hydrogen) atoms. The van der Waals surface area contributed by atoms with Crippen molar-refractivity contribution in [2.45, 2.75) is 19.8 Å². The predicted octanol–water partition coefficient (Wildman–Crippen LogP) is 2.11. The number of hydrogen-bond donors (Lipinski definition) is 0. The van der Waals surface area contributed by atoms with Gasteiger partial charge in [-0.15, -0.1) is 0 Å². The second-order valence-corrected chi connectivity index (χ2v) is 5.33. The topological polar surface area (TPSA) is 55.8 Å². The van der Waals surface area contributed by atoms with Crippen LogP contribution in [0.15, 0.2) is 24.3 Å². The summed E-state index contributed by atoms with van der Waals surface area (Å²) in [7, 11) is 2.98. The van der Waals surface area contributed by atoms with E-state index in [1.165, 1.54) is 7.11 Å². The van der Waals surface area contributed by atoms with Crippen molar-refractivity contribution in [1.29, 1.82) is 0 Å². The Labute approximate surface area is 124 Å². The summed E-state index contributed by atoms with van der Waals surface area (Å²) in [6, 6.07) is 7.00. The highest BCUT2D eigenvalue weighted by atomic mass is 16.5. The van der Waals surface area contributed by atoms with Gasteiger partial charge >= 0.3 is 5.97 Å². The van der Waals surface area contributed by atoms with E-state index in [4.69, 9.17) is 9.47 Å². The first kappa shape index (κ1) is 15.4. The Balaban J connectivity index is 2.12. The monoisotopic (exact) mass is 291 g/mol. The molecule has 0 bridgehead atoms. The SMILES string of the molecule is CCC1(C(=O)OC)CCN(C(=O)c2ccc(OC)cc2)C1. The van der Waals surface area contributed by atoms with Crippen LogP contribution in [0.2, 0.25) is 0 Å². The van der Waals surface area contributed by atoms with E-state index < -0.39 is 5.41 Å². The molecule has 1 aromatic carbocycles. The maximum Gasteiger partial charge on any atom is 0.313 e. The summed E-state index contributed by atoms with van der Waals surface area (Å²) in [6.07, 6.45) is 1.32. The molecule has 0 saturated carbocycles. The van der Waals surface area contributed by atoms with Crippen molar-refractivity contribution in [3.8, 4) is 5.75 Å². The normalized spacial score (nSPS) is 21.2. The highest BCUT2D eigenvalue weighted by Crippen LogP contribution is 2.35. The Morgan fingerprint density at radius 2 is 1.90 bits per heavy atom. The standard InChI is InChI=1S/C16H21NO4/c1-4-16(15(19)21-3)9-10-17(11-16)14(18)12-5-7-13(20-2)8-6-12/h5-8H,4,9-11H2,1-3H3. The van der Waals surface area contributed by atoms with Gasteiger partial charge in [-0.05, 0) is 37.1 Å². The van der Waals surface area contributed by atoms with E-state index in [0.717, 1.165) is 0 Å². The highest BCUT2D eigenvalue weighted by molar-refractivity contribution is 5.95. The molecule has 1 heterocycles. The number of carbonyl (C=O) groups is 2. The van der Waals surface area contributed by atoms with Crippen molar-refractivity contribution in [3.63, 3.8) is 0 Å². The van der Waals surface area contributed by atoms with Gasteiger partial charge in [0.25, 0.3) is 5.91 Å². The van der Waals surface area contributed by atoms with Gasteiger partial charge in [-0.3, -0.25) is 9.59 Å². The summed E-state index contributed by atoms with van der Waals surface area (Å²) in [5, 5.41) is 0. The quantitative estimate of drug-likeness (QED) is 0.797. The average Bonchev–Trinajstić information content (AvgIpc) is 2.99. The van der Waals surface area contributed by atoms with Crippen LogP contribution in [-0.2, 0) is 9.53 Å². The molecule has 5 heteroatoms. The van der Waals surface area contributed by atoms with Crippen LogP contribution < -0.4 is 4.74 Å². The molecule has 2 rings (SSSR count). The molecule has 0 aromatic heterocycles. The van der Waals surface area contributed by atoms with E-state index in [2.05, 4.69) is 0 Å². The van der Waals surface area contributed by atoms with Crippen molar-refractivity contribution < 1.29 is 19.1 Å². The molecule has 1 saturated heterocycles. The van der Waals surface area contributed by atoms with Crippen molar-refractivity contribution in [3.05, 3.63) is 29.8 Å². The van der Waals surface area contributed by atoms with E-state index in [0.29, 0.717) is 37.2 Å². The summed E-state index contributed by atoms with van der Waals surface area (Å²) in [4.78, 5) is 26.2. The van der Waals surface area contributed by atoms with Gasteiger partial charge in [0.05, 0.1) is 19.6 Å². The lowest BCUT2D eigenvalue weighted by Gasteiger charge is -2.24. The van der Waals surface area contributed by atoms with Crippen LogP contribution in [0, 0.1) is 5.41 Å². The number of ether oxygens (including phenoxy) is 2. The number of carbonyl (C=O) groups excluding carboxylic acids is 2. The minimum absolute atomic E-state index is 0.0584. The predicted molar refractivity (Wildman–Crippen MR) is 78.3 cm³/mol. The van der Waals surface area contributed by atoms with E-state index in [1.54, 1.807) is 36.3 Å². The van der Waals surface area contributed by atoms with E-state index >= 15 is 0 Å². The Kier molecular flexibility index (Phi) is 4.50. The van der Waals surface area contributed by atoms with Crippen LogP contribution >= 0.6 is 0 Å². The number of hydrogen-bond acceptors (Lipinski definition) is 4. The summed E-state index contributed by atoms with van der Waals surface area (Å²) in [5.74, 6) is 0.428. The second-order valence-electron chi connectivity index (χ2n) is 5.33. The largest absolute Gasteiger partial charge is 0.497 e. The van der Waals surface area contributed by atoms with Crippen molar-refractivity contribution in [2.24, 2.45) is 5.41 Å². The van der Waals surface area contributed by atoms with Gasteiger partial charge in [-0.1, -0.05) is 6.92 Å². The maximum atomic E-state index is 12.5. The number of nitrogens with zero attached hydrogens (tertiary/aromatic N) is 1. The van der Waals surface area contributed by atoms with Crippen LogP contribution in [0.3, 0.4) is 0 Å². The van der Waals surface area contributed by atoms with Gasteiger partial charge in [0.2, 0.25) is 0 Å². The lowest BCUT2D eigenvalue weighted by molar-refractivity contribution is -0.152. The first-order valence-corrected chi connectivity index (χ1v) is 7.08. The van der Waals surface area contributed by atoms with Crippen LogP contribution in [0.1, 0.15) is 30.1 Å². The number of likely N-dealkylation sites (tertiary alicyclic amines) is 1. The van der Waals surface area contributed by atoms with Crippen molar-refractivity contribution in [1.82, 2.24) is 4.90 Å². The molecule has 0 N–H and O–H groups in total. The first-order valence-electron chi connectivity index (χ1n) is 7.08. The number of esters is 1. The molecule has 114 valence electrons. The average molecular weight is 291 g/mol. The maximum absolute atomic E-state index is 12.5. The van der Waals surface area contributed by atoms with E-state index in [1.807, 2.05) is 6.92 Å². The second kappa shape index (κ2) is 6.16. The van der Waals surface area contributed by atoms with Gasteiger partial charge in [0, 0.05) is 18.7 Å². The van der Waals surface area contributed by atoms with Gasteiger partial charge in [0.15, 0.2) is 0 Å². The first-order chi connectivity index (χ1) is 10.1. The minimum atomic E-state index is -0.559. The fourth-order valence-electron chi connectivity index (χ4n) is 2.78. The summed E-state index contributed by atoms with van der Waals surface area (Å²) < 4.78 is 9.98. The molecule has 1 aliphatic heterocycles. The fourth-order valence-corrected chi connectivity index (χ4v) is 2.78. The third-order valence-corrected chi connectivity index (χ3v) is 4.27. The van der Waals surface area contributed by atoms with Gasteiger partial charge in [0.1, 0.15) is 5.75 Å². The van der Waals surface area contributed by atoms with Gasteiger partial charge < -0.3 is 14.4 Å². The number of amides is 1. The number of rotatable bonds is 4. The molecular weight excluding hydrogens is 270 g/mol. The molecule has 0 spiro atoms. The zero-order valence-corrected chi connectivity index (χ0v) is 12.7. The van der Waals surface area contributed by atoms with E-state index in [-0.39, 0.29) is 11.9 Å². The molecule has 1 aliphatic rings. The summed E-state index contributed by atoms with van der Waals surface area (Å²) >= 11 is 0. The summed E-state index contributed by atoms with van der Waals surface area (Å²) in [5.41, 5.74) is 0.0456. The minimum Gasteiger partial charge on any atom is -0.497 e.